The highest BCUT2D eigenvalue weighted by Gasteiger charge is 2.30. The minimum Gasteiger partial charge on any atom is -0.382 e. The third-order valence-electron chi connectivity index (χ3n) is 7.58. The lowest BCUT2D eigenvalue weighted by Crippen LogP contribution is -2.46. The van der Waals surface area contributed by atoms with Crippen molar-refractivity contribution >= 4 is 23.2 Å². The molecule has 0 aromatic heterocycles. The van der Waals surface area contributed by atoms with Gasteiger partial charge in [-0.05, 0) is 66.3 Å². The van der Waals surface area contributed by atoms with Crippen molar-refractivity contribution in [3.05, 3.63) is 120 Å². The minimum atomic E-state index is -0.265. The fourth-order valence-corrected chi connectivity index (χ4v) is 5.44. The highest BCUT2D eigenvalue weighted by molar-refractivity contribution is 6.08. The van der Waals surface area contributed by atoms with Crippen LogP contribution in [0, 0.1) is 0 Å². The Morgan fingerprint density at radius 2 is 1.39 bits per heavy atom. The van der Waals surface area contributed by atoms with Gasteiger partial charge in [-0.2, -0.15) is 0 Å². The van der Waals surface area contributed by atoms with Crippen LogP contribution < -0.4 is 16.0 Å². The van der Waals surface area contributed by atoms with Gasteiger partial charge in [0.2, 0.25) is 5.91 Å². The number of carbonyl (C=O) groups is 2. The van der Waals surface area contributed by atoms with E-state index in [1.54, 1.807) is 0 Å². The van der Waals surface area contributed by atoms with Gasteiger partial charge < -0.3 is 16.0 Å². The van der Waals surface area contributed by atoms with E-state index in [0.717, 1.165) is 60.4 Å². The molecule has 41 heavy (non-hydrogen) atoms. The summed E-state index contributed by atoms with van der Waals surface area (Å²) < 4.78 is 0. The molecule has 1 aliphatic heterocycles. The van der Waals surface area contributed by atoms with Crippen LogP contribution in [0.25, 0.3) is 11.1 Å². The second-order valence-electron chi connectivity index (χ2n) is 10.5. The summed E-state index contributed by atoms with van der Waals surface area (Å²) in [5.74, 6) is -0.0537. The van der Waals surface area contributed by atoms with Crippen LogP contribution in [0.1, 0.15) is 48.1 Å². The number of amides is 2. The average molecular weight is 547 g/mol. The third kappa shape index (κ3) is 7.21. The lowest BCUT2D eigenvalue weighted by Gasteiger charge is -2.37. The SMILES string of the molecule is CCCNC(=O)C(c1ccccc1)N1CCC(Nc2ccc(NC(=O)c3ccccc3-c3ccccc3)cc2)CC1. The number of likely N-dealkylation sites (tertiary alicyclic amines) is 1. The number of nitrogens with one attached hydrogen (secondary N) is 3. The molecule has 4 aromatic carbocycles. The number of anilines is 2. The zero-order valence-electron chi connectivity index (χ0n) is 23.6. The number of hydrogen-bond acceptors (Lipinski definition) is 4. The molecule has 3 N–H and O–H groups in total. The molecule has 0 bridgehead atoms. The van der Waals surface area contributed by atoms with Crippen LogP contribution in [0.4, 0.5) is 11.4 Å². The Morgan fingerprint density at radius 3 is 2.07 bits per heavy atom. The van der Waals surface area contributed by atoms with E-state index in [1.165, 1.54) is 0 Å². The first-order chi connectivity index (χ1) is 20.1. The summed E-state index contributed by atoms with van der Waals surface area (Å²) in [6, 6.07) is 35.6. The lowest BCUT2D eigenvalue weighted by molar-refractivity contribution is -0.127. The van der Waals surface area contributed by atoms with Crippen molar-refractivity contribution in [3.63, 3.8) is 0 Å². The van der Waals surface area contributed by atoms with Crippen molar-refractivity contribution in [2.24, 2.45) is 0 Å². The molecule has 0 radical (unpaired) electrons. The van der Waals surface area contributed by atoms with Crippen molar-refractivity contribution in [1.82, 2.24) is 10.2 Å². The minimum absolute atomic E-state index is 0.0773. The molecule has 4 aromatic rings. The monoisotopic (exact) mass is 546 g/mol. The van der Waals surface area contributed by atoms with Crippen molar-refractivity contribution < 1.29 is 9.59 Å². The highest BCUT2D eigenvalue weighted by Crippen LogP contribution is 2.28. The molecule has 0 saturated carbocycles. The summed E-state index contributed by atoms with van der Waals surface area (Å²) in [5.41, 5.74) is 5.38. The topological polar surface area (TPSA) is 73.5 Å². The zero-order valence-corrected chi connectivity index (χ0v) is 23.6. The maximum atomic E-state index is 13.1. The maximum absolute atomic E-state index is 13.1. The van der Waals surface area contributed by atoms with Crippen molar-refractivity contribution in [2.75, 3.05) is 30.3 Å². The van der Waals surface area contributed by atoms with Gasteiger partial charge in [0.05, 0.1) is 0 Å². The molecule has 6 nitrogen and oxygen atoms in total. The molecule has 0 aliphatic carbocycles. The molecule has 1 atom stereocenters. The molecular weight excluding hydrogens is 508 g/mol. The van der Waals surface area contributed by atoms with Gasteiger partial charge in [0.25, 0.3) is 5.91 Å². The van der Waals surface area contributed by atoms with Gasteiger partial charge in [-0.1, -0.05) is 85.8 Å². The number of benzene rings is 4. The number of rotatable bonds is 10. The fraction of sp³-hybridized carbons (Fsp3) is 0.257. The molecule has 6 heteroatoms. The van der Waals surface area contributed by atoms with E-state index in [2.05, 4.69) is 27.8 Å². The molecule has 1 fully saturated rings. The second-order valence-corrected chi connectivity index (χ2v) is 10.5. The van der Waals surface area contributed by atoms with E-state index in [4.69, 9.17) is 0 Å². The van der Waals surface area contributed by atoms with Gasteiger partial charge in [-0.3, -0.25) is 14.5 Å². The van der Waals surface area contributed by atoms with Crippen molar-refractivity contribution in [2.45, 2.75) is 38.3 Å². The summed E-state index contributed by atoms with van der Waals surface area (Å²) in [4.78, 5) is 28.5. The molecular formula is C35H38N4O2. The summed E-state index contributed by atoms with van der Waals surface area (Å²) >= 11 is 0. The van der Waals surface area contributed by atoms with Crippen molar-refractivity contribution in [1.29, 1.82) is 0 Å². The Balaban J connectivity index is 1.17. The summed E-state index contributed by atoms with van der Waals surface area (Å²) in [5, 5.41) is 9.79. The predicted octanol–water partition coefficient (Wildman–Crippen LogP) is 6.75. The average Bonchev–Trinajstić information content (AvgIpc) is 3.03. The summed E-state index contributed by atoms with van der Waals surface area (Å²) in [7, 11) is 0. The Hall–Kier alpha value is -4.42. The maximum Gasteiger partial charge on any atom is 0.256 e. The number of carbonyl (C=O) groups excluding carboxylic acids is 2. The van der Waals surface area contributed by atoms with E-state index < -0.39 is 0 Å². The van der Waals surface area contributed by atoms with Crippen LogP contribution in [0.2, 0.25) is 0 Å². The second kappa shape index (κ2) is 13.8. The molecule has 210 valence electrons. The molecule has 1 heterocycles. The van der Waals surface area contributed by atoms with Crippen LogP contribution >= 0.6 is 0 Å². The van der Waals surface area contributed by atoms with Crippen LogP contribution in [0.5, 0.6) is 0 Å². The molecule has 2 amide bonds. The number of hydrogen-bond donors (Lipinski definition) is 3. The van der Waals surface area contributed by atoms with E-state index >= 15 is 0 Å². The van der Waals surface area contributed by atoms with Crippen LogP contribution in [0.3, 0.4) is 0 Å². The van der Waals surface area contributed by atoms with E-state index in [9.17, 15) is 9.59 Å². The highest BCUT2D eigenvalue weighted by atomic mass is 16.2. The normalized spacial score (nSPS) is 14.7. The Labute approximate surface area is 242 Å². The van der Waals surface area contributed by atoms with Gasteiger partial charge in [-0.15, -0.1) is 0 Å². The van der Waals surface area contributed by atoms with Crippen molar-refractivity contribution in [3.8, 4) is 11.1 Å². The first-order valence-electron chi connectivity index (χ1n) is 14.5. The standard InChI is InChI=1S/C35H38N4O2/c1-2-23-36-35(41)33(27-13-7-4-8-14-27)39-24-21-30(22-25-39)37-28-17-19-29(20-18-28)38-34(40)32-16-10-9-15-31(32)26-11-5-3-6-12-26/h3-20,30,33,37H,2,21-25H2,1H3,(H,36,41)(H,38,40). The molecule has 1 saturated heterocycles. The van der Waals surface area contributed by atoms with Gasteiger partial charge in [0, 0.05) is 42.6 Å². The Kier molecular flexibility index (Phi) is 9.45. The molecule has 1 unspecified atom stereocenters. The third-order valence-corrected chi connectivity index (χ3v) is 7.58. The first-order valence-corrected chi connectivity index (χ1v) is 14.5. The predicted molar refractivity (Wildman–Crippen MR) is 167 cm³/mol. The number of piperidine rings is 1. The lowest BCUT2D eigenvalue weighted by atomic mass is 9.98. The number of nitrogens with zero attached hydrogens (tertiary/aromatic N) is 1. The summed E-state index contributed by atoms with van der Waals surface area (Å²) in [6.45, 7) is 4.44. The first kappa shape index (κ1) is 28.1. The van der Waals surface area contributed by atoms with Gasteiger partial charge in [-0.25, -0.2) is 0 Å². The molecule has 1 aliphatic rings. The van der Waals surface area contributed by atoms with Gasteiger partial charge in [0.15, 0.2) is 0 Å². The zero-order chi connectivity index (χ0) is 28.4. The van der Waals surface area contributed by atoms with E-state index in [-0.39, 0.29) is 17.9 Å². The van der Waals surface area contributed by atoms with Gasteiger partial charge >= 0.3 is 0 Å². The molecule has 0 spiro atoms. The Morgan fingerprint density at radius 1 is 0.780 bits per heavy atom. The largest absolute Gasteiger partial charge is 0.382 e. The van der Waals surface area contributed by atoms with Crippen LogP contribution in [-0.4, -0.2) is 42.4 Å². The fourth-order valence-electron chi connectivity index (χ4n) is 5.44. The molecule has 5 rings (SSSR count). The van der Waals surface area contributed by atoms with E-state index in [1.807, 2.05) is 109 Å². The Bertz CT molecular complexity index is 1420. The van der Waals surface area contributed by atoms with Gasteiger partial charge in [0.1, 0.15) is 6.04 Å². The summed E-state index contributed by atoms with van der Waals surface area (Å²) in [6.07, 6.45) is 2.81. The van der Waals surface area contributed by atoms with E-state index in [0.29, 0.717) is 18.2 Å². The quantitative estimate of drug-likeness (QED) is 0.206. The van der Waals surface area contributed by atoms with Crippen LogP contribution in [0.15, 0.2) is 109 Å². The smallest absolute Gasteiger partial charge is 0.256 e. The van der Waals surface area contributed by atoms with Crippen LogP contribution in [-0.2, 0) is 4.79 Å².